The molecule has 1 aliphatic heterocycles. The van der Waals surface area contributed by atoms with E-state index in [-0.39, 0.29) is 11.8 Å². The fraction of sp³-hybridized carbons (Fsp3) is 0.100. The van der Waals surface area contributed by atoms with Crippen molar-refractivity contribution in [1.29, 1.82) is 5.26 Å². The summed E-state index contributed by atoms with van der Waals surface area (Å²) in [5, 5.41) is 10.6. The number of pyridine rings is 1. The molecule has 2 N–H and O–H groups in total. The van der Waals surface area contributed by atoms with Crippen LogP contribution in [0.5, 0.6) is 11.5 Å². The van der Waals surface area contributed by atoms with E-state index < -0.39 is 0 Å². The van der Waals surface area contributed by atoms with Gasteiger partial charge in [-0.1, -0.05) is 30.3 Å². The first-order valence-electron chi connectivity index (χ1n) is 7.82. The summed E-state index contributed by atoms with van der Waals surface area (Å²) in [5.74, 6) is 1.18. The minimum atomic E-state index is -0.300. The van der Waals surface area contributed by atoms with Crippen LogP contribution in [-0.4, -0.2) is 12.1 Å². The fourth-order valence-electron chi connectivity index (χ4n) is 3.19. The second kappa shape index (κ2) is 5.84. The topological polar surface area (TPSA) is 81.2 Å². The molecule has 25 heavy (non-hydrogen) atoms. The first-order valence-corrected chi connectivity index (χ1v) is 7.82. The van der Waals surface area contributed by atoms with Gasteiger partial charge < -0.3 is 15.2 Å². The highest BCUT2D eigenvalue weighted by Crippen LogP contribution is 2.44. The molecule has 5 nitrogen and oxygen atoms in total. The first-order chi connectivity index (χ1) is 12.2. The summed E-state index contributed by atoms with van der Waals surface area (Å²) in [4.78, 5) is 4.43. The molecule has 0 bridgehead atoms. The SMILES string of the molecule is COc1ccc(C2C(C#N)=C(N)Oc3c2ccc2cccnc32)cc1. The second-order valence-corrected chi connectivity index (χ2v) is 5.76. The maximum absolute atomic E-state index is 9.62. The molecule has 1 atom stereocenters. The van der Waals surface area contributed by atoms with Crippen LogP contribution in [0.3, 0.4) is 0 Å². The Balaban J connectivity index is 1.96. The molecule has 0 radical (unpaired) electrons. The normalized spacial score (nSPS) is 16.1. The van der Waals surface area contributed by atoms with Crippen molar-refractivity contribution in [2.24, 2.45) is 5.73 Å². The lowest BCUT2D eigenvalue weighted by atomic mass is 9.83. The summed E-state index contributed by atoms with van der Waals surface area (Å²) in [6.45, 7) is 0. The predicted octanol–water partition coefficient (Wildman–Crippen LogP) is 3.46. The number of nitriles is 1. The minimum Gasteiger partial charge on any atom is -0.497 e. The number of rotatable bonds is 2. The zero-order valence-electron chi connectivity index (χ0n) is 13.6. The van der Waals surface area contributed by atoms with Crippen LogP contribution in [0.25, 0.3) is 10.9 Å². The molecule has 1 unspecified atom stereocenters. The van der Waals surface area contributed by atoms with Crippen LogP contribution in [0.15, 0.2) is 66.2 Å². The van der Waals surface area contributed by atoms with Crippen LogP contribution < -0.4 is 15.2 Å². The fourth-order valence-corrected chi connectivity index (χ4v) is 3.19. The van der Waals surface area contributed by atoms with E-state index in [2.05, 4.69) is 11.1 Å². The summed E-state index contributed by atoms with van der Waals surface area (Å²) >= 11 is 0. The van der Waals surface area contributed by atoms with Gasteiger partial charge in [0, 0.05) is 17.1 Å². The standard InChI is InChI=1S/C20H15N3O2/c1-24-14-7-4-12(5-8-14)17-15-9-6-13-3-2-10-23-18(13)19(15)25-20(22)16(17)11-21/h2-10,17H,22H2,1H3. The van der Waals surface area contributed by atoms with Gasteiger partial charge in [0.25, 0.3) is 0 Å². The second-order valence-electron chi connectivity index (χ2n) is 5.76. The number of methoxy groups -OCH3 is 1. The molecule has 1 aromatic heterocycles. The van der Waals surface area contributed by atoms with Crippen LogP contribution in [0, 0.1) is 11.3 Å². The number of allylic oxidation sites excluding steroid dienone is 1. The van der Waals surface area contributed by atoms with E-state index in [0.717, 1.165) is 27.8 Å². The lowest BCUT2D eigenvalue weighted by molar-refractivity contribution is 0.397. The Morgan fingerprint density at radius 2 is 1.96 bits per heavy atom. The van der Waals surface area contributed by atoms with E-state index in [1.165, 1.54) is 0 Å². The molecule has 3 aromatic rings. The Labute approximate surface area is 144 Å². The van der Waals surface area contributed by atoms with Crippen molar-refractivity contribution in [1.82, 2.24) is 4.98 Å². The van der Waals surface area contributed by atoms with Gasteiger partial charge in [-0.15, -0.1) is 0 Å². The molecular formula is C20H15N3O2. The number of ether oxygens (including phenoxy) is 2. The summed E-state index contributed by atoms with van der Waals surface area (Å²) < 4.78 is 11.0. The average molecular weight is 329 g/mol. The van der Waals surface area contributed by atoms with Crippen LogP contribution in [0.4, 0.5) is 0 Å². The molecule has 2 aromatic carbocycles. The molecule has 2 heterocycles. The molecule has 0 spiro atoms. The summed E-state index contributed by atoms with van der Waals surface area (Å²) in [5.41, 5.74) is 9.01. The van der Waals surface area contributed by atoms with Crippen LogP contribution in [0.1, 0.15) is 17.0 Å². The van der Waals surface area contributed by atoms with E-state index in [1.807, 2.05) is 48.5 Å². The zero-order valence-corrected chi connectivity index (χ0v) is 13.6. The Bertz CT molecular complexity index is 1030. The molecule has 0 aliphatic carbocycles. The molecule has 4 rings (SSSR count). The van der Waals surface area contributed by atoms with Crippen LogP contribution in [0.2, 0.25) is 0 Å². The van der Waals surface area contributed by atoms with Crippen LogP contribution in [-0.2, 0) is 0 Å². The van der Waals surface area contributed by atoms with E-state index >= 15 is 0 Å². The zero-order chi connectivity index (χ0) is 17.4. The highest BCUT2D eigenvalue weighted by molar-refractivity contribution is 5.87. The molecule has 0 amide bonds. The van der Waals surface area contributed by atoms with E-state index in [0.29, 0.717) is 11.3 Å². The third-order valence-corrected chi connectivity index (χ3v) is 4.41. The Kier molecular flexibility index (Phi) is 3.51. The molecule has 0 saturated heterocycles. The quantitative estimate of drug-likeness (QED) is 0.778. The van der Waals surface area contributed by atoms with E-state index in [9.17, 15) is 5.26 Å². The van der Waals surface area contributed by atoms with Gasteiger partial charge in [-0.05, 0) is 23.8 Å². The van der Waals surface area contributed by atoms with Gasteiger partial charge in [-0.25, -0.2) is 0 Å². The number of fused-ring (bicyclic) bond motifs is 3. The predicted molar refractivity (Wildman–Crippen MR) is 94.0 cm³/mol. The highest BCUT2D eigenvalue weighted by atomic mass is 16.5. The average Bonchev–Trinajstić information content (AvgIpc) is 2.67. The van der Waals surface area contributed by atoms with Crippen LogP contribution >= 0.6 is 0 Å². The largest absolute Gasteiger partial charge is 0.497 e. The third kappa shape index (κ3) is 2.36. The van der Waals surface area contributed by atoms with Gasteiger partial charge >= 0.3 is 0 Å². The molecule has 1 aliphatic rings. The van der Waals surface area contributed by atoms with Crippen molar-refractivity contribution in [3.8, 4) is 17.6 Å². The van der Waals surface area contributed by atoms with Gasteiger partial charge in [0.2, 0.25) is 5.88 Å². The number of nitrogens with zero attached hydrogens (tertiary/aromatic N) is 2. The van der Waals surface area contributed by atoms with Crippen molar-refractivity contribution in [3.63, 3.8) is 0 Å². The highest BCUT2D eigenvalue weighted by Gasteiger charge is 2.32. The maximum atomic E-state index is 9.62. The number of hydrogen-bond acceptors (Lipinski definition) is 5. The Hall–Kier alpha value is -3.52. The summed E-state index contributed by atoms with van der Waals surface area (Å²) in [6.07, 6.45) is 1.72. The van der Waals surface area contributed by atoms with Crippen molar-refractivity contribution >= 4 is 10.9 Å². The third-order valence-electron chi connectivity index (χ3n) is 4.41. The number of nitrogens with two attached hydrogens (primary N) is 1. The van der Waals surface area contributed by atoms with Crippen molar-refractivity contribution in [2.45, 2.75) is 5.92 Å². The van der Waals surface area contributed by atoms with Gasteiger partial charge in [0.1, 0.15) is 22.9 Å². The Morgan fingerprint density at radius 1 is 1.16 bits per heavy atom. The minimum absolute atomic E-state index is 0.119. The summed E-state index contributed by atoms with van der Waals surface area (Å²) in [6, 6.07) is 17.6. The van der Waals surface area contributed by atoms with Gasteiger partial charge in [0.05, 0.1) is 13.0 Å². The maximum Gasteiger partial charge on any atom is 0.205 e. The molecule has 122 valence electrons. The van der Waals surface area contributed by atoms with Crippen molar-refractivity contribution in [3.05, 3.63) is 77.3 Å². The number of benzene rings is 2. The molecule has 0 saturated carbocycles. The Morgan fingerprint density at radius 3 is 2.68 bits per heavy atom. The molecule has 0 fully saturated rings. The monoisotopic (exact) mass is 329 g/mol. The smallest absolute Gasteiger partial charge is 0.205 e. The number of aromatic nitrogens is 1. The van der Waals surface area contributed by atoms with Crippen molar-refractivity contribution < 1.29 is 9.47 Å². The molecule has 5 heteroatoms. The van der Waals surface area contributed by atoms with Gasteiger partial charge in [-0.3, -0.25) is 4.98 Å². The van der Waals surface area contributed by atoms with Gasteiger partial charge in [0.15, 0.2) is 5.75 Å². The van der Waals surface area contributed by atoms with Gasteiger partial charge in [-0.2, -0.15) is 5.26 Å². The lowest BCUT2D eigenvalue weighted by Crippen LogP contribution is -2.21. The molecular weight excluding hydrogens is 314 g/mol. The van der Waals surface area contributed by atoms with E-state index in [4.69, 9.17) is 15.2 Å². The first kappa shape index (κ1) is 15.0. The number of hydrogen-bond donors (Lipinski definition) is 1. The lowest BCUT2D eigenvalue weighted by Gasteiger charge is -2.27. The van der Waals surface area contributed by atoms with Crippen molar-refractivity contribution in [2.75, 3.05) is 7.11 Å². The van der Waals surface area contributed by atoms with E-state index in [1.54, 1.807) is 13.3 Å². The summed E-state index contributed by atoms with van der Waals surface area (Å²) in [7, 11) is 1.62.